The summed E-state index contributed by atoms with van der Waals surface area (Å²) in [7, 11) is 1.56. The molecule has 1 N–H and O–H groups in total. The largest absolute Gasteiger partial charge is 0.356 e. The maximum atomic E-state index is 11.7. The highest BCUT2D eigenvalue weighted by Gasteiger charge is 2.11. The predicted molar refractivity (Wildman–Crippen MR) is 84.8 cm³/mol. The van der Waals surface area contributed by atoms with Gasteiger partial charge in [-0.2, -0.15) is 0 Å². The van der Waals surface area contributed by atoms with E-state index in [-0.39, 0.29) is 10.8 Å². The van der Waals surface area contributed by atoms with Crippen LogP contribution in [0.3, 0.4) is 0 Å². The Morgan fingerprint density at radius 1 is 1.19 bits per heavy atom. The fourth-order valence-electron chi connectivity index (χ4n) is 1.68. The standard InChI is InChI=1S/C15H22ClNO3S/c1-11(2)12(3)10-17-15(18)9-6-13-4-7-14(8-5-13)21(16,19)20/h4-5,7-8,11-12H,6,9-10H2,1-3H3,(H,17,18). The van der Waals surface area contributed by atoms with E-state index in [2.05, 4.69) is 26.1 Å². The van der Waals surface area contributed by atoms with Crippen LogP contribution in [0.4, 0.5) is 0 Å². The van der Waals surface area contributed by atoms with Crippen molar-refractivity contribution in [3.63, 3.8) is 0 Å². The Kier molecular flexibility index (Phi) is 6.68. The number of nitrogens with one attached hydrogen (secondary N) is 1. The van der Waals surface area contributed by atoms with Crippen molar-refractivity contribution in [3.05, 3.63) is 29.8 Å². The van der Waals surface area contributed by atoms with Gasteiger partial charge in [0.25, 0.3) is 9.05 Å². The van der Waals surface area contributed by atoms with Crippen molar-refractivity contribution in [2.24, 2.45) is 11.8 Å². The Morgan fingerprint density at radius 2 is 1.76 bits per heavy atom. The molecule has 0 aliphatic heterocycles. The molecule has 0 heterocycles. The number of carbonyl (C=O) groups excluding carboxylic acids is 1. The van der Waals surface area contributed by atoms with E-state index in [0.717, 1.165) is 5.56 Å². The molecule has 6 heteroatoms. The SMILES string of the molecule is CC(C)C(C)CNC(=O)CCc1ccc(S(=O)(=O)Cl)cc1. The summed E-state index contributed by atoms with van der Waals surface area (Å²) in [5.41, 5.74) is 0.908. The minimum atomic E-state index is -3.68. The van der Waals surface area contributed by atoms with E-state index in [1.807, 2.05) is 0 Å². The third-order valence-corrected chi connectivity index (χ3v) is 4.97. The van der Waals surface area contributed by atoms with Gasteiger partial charge in [-0.25, -0.2) is 8.42 Å². The number of rotatable bonds is 7. The van der Waals surface area contributed by atoms with Crippen LogP contribution in [0.25, 0.3) is 0 Å². The first kappa shape index (κ1) is 18.0. The lowest BCUT2D eigenvalue weighted by Crippen LogP contribution is -2.30. The summed E-state index contributed by atoms with van der Waals surface area (Å²) in [5, 5.41) is 2.91. The van der Waals surface area contributed by atoms with Crippen LogP contribution in [0.1, 0.15) is 32.8 Å². The average molecular weight is 332 g/mol. The van der Waals surface area contributed by atoms with Gasteiger partial charge in [-0.1, -0.05) is 32.9 Å². The van der Waals surface area contributed by atoms with Crippen molar-refractivity contribution in [3.8, 4) is 0 Å². The van der Waals surface area contributed by atoms with Crippen molar-refractivity contribution in [1.29, 1.82) is 0 Å². The molecule has 1 rings (SSSR count). The van der Waals surface area contributed by atoms with Crippen LogP contribution in [0.2, 0.25) is 0 Å². The summed E-state index contributed by atoms with van der Waals surface area (Å²) < 4.78 is 22.2. The van der Waals surface area contributed by atoms with Gasteiger partial charge in [-0.3, -0.25) is 4.79 Å². The van der Waals surface area contributed by atoms with Crippen molar-refractivity contribution in [2.45, 2.75) is 38.5 Å². The van der Waals surface area contributed by atoms with Gasteiger partial charge in [0.05, 0.1) is 4.90 Å². The zero-order valence-electron chi connectivity index (χ0n) is 12.6. The summed E-state index contributed by atoms with van der Waals surface area (Å²) in [6.07, 6.45) is 0.961. The summed E-state index contributed by atoms with van der Waals surface area (Å²) in [5.74, 6) is 0.994. The fourth-order valence-corrected chi connectivity index (χ4v) is 2.45. The third kappa shape index (κ3) is 6.48. The molecule has 1 atom stereocenters. The Morgan fingerprint density at radius 3 is 2.24 bits per heavy atom. The number of hydrogen-bond donors (Lipinski definition) is 1. The van der Waals surface area contributed by atoms with Gasteiger partial charge in [0, 0.05) is 23.6 Å². The van der Waals surface area contributed by atoms with Crippen molar-refractivity contribution >= 4 is 25.6 Å². The van der Waals surface area contributed by atoms with Crippen molar-refractivity contribution < 1.29 is 13.2 Å². The second kappa shape index (κ2) is 7.80. The van der Waals surface area contributed by atoms with E-state index in [4.69, 9.17) is 10.7 Å². The Labute approximate surface area is 131 Å². The van der Waals surface area contributed by atoms with Gasteiger partial charge in [-0.05, 0) is 36.0 Å². The van der Waals surface area contributed by atoms with E-state index in [9.17, 15) is 13.2 Å². The van der Waals surface area contributed by atoms with Crippen LogP contribution < -0.4 is 5.32 Å². The van der Waals surface area contributed by atoms with Crippen LogP contribution in [-0.2, 0) is 20.3 Å². The number of carbonyl (C=O) groups is 1. The molecule has 0 spiro atoms. The van der Waals surface area contributed by atoms with Gasteiger partial charge in [0.2, 0.25) is 5.91 Å². The number of aryl methyl sites for hydroxylation is 1. The maximum Gasteiger partial charge on any atom is 0.261 e. The molecule has 118 valence electrons. The van der Waals surface area contributed by atoms with E-state index in [1.54, 1.807) is 12.1 Å². The zero-order valence-corrected chi connectivity index (χ0v) is 14.2. The fraction of sp³-hybridized carbons (Fsp3) is 0.533. The molecule has 0 radical (unpaired) electrons. The molecule has 0 fully saturated rings. The van der Waals surface area contributed by atoms with Crippen LogP contribution >= 0.6 is 10.7 Å². The number of halogens is 1. The maximum absolute atomic E-state index is 11.7. The molecule has 0 saturated heterocycles. The third-order valence-electron chi connectivity index (χ3n) is 3.60. The van der Waals surface area contributed by atoms with Gasteiger partial charge in [0.1, 0.15) is 0 Å². The molecule has 21 heavy (non-hydrogen) atoms. The highest BCUT2D eigenvalue weighted by Crippen LogP contribution is 2.16. The van der Waals surface area contributed by atoms with Crippen LogP contribution in [-0.4, -0.2) is 20.9 Å². The Hall–Kier alpha value is -1.07. The molecule has 0 aliphatic carbocycles. The predicted octanol–water partition coefficient (Wildman–Crippen LogP) is 2.96. The minimum absolute atomic E-state index is 0.0107. The molecular weight excluding hydrogens is 310 g/mol. The summed E-state index contributed by atoms with van der Waals surface area (Å²) >= 11 is 0. The molecule has 1 amide bonds. The zero-order chi connectivity index (χ0) is 16.0. The lowest BCUT2D eigenvalue weighted by atomic mass is 9.98. The van der Waals surface area contributed by atoms with E-state index >= 15 is 0 Å². The van der Waals surface area contributed by atoms with Crippen molar-refractivity contribution in [2.75, 3.05) is 6.54 Å². The highest BCUT2D eigenvalue weighted by atomic mass is 35.7. The van der Waals surface area contributed by atoms with E-state index in [0.29, 0.717) is 31.2 Å². The van der Waals surface area contributed by atoms with Gasteiger partial charge < -0.3 is 5.32 Å². The van der Waals surface area contributed by atoms with Crippen LogP contribution in [0, 0.1) is 11.8 Å². The molecule has 1 aromatic carbocycles. The molecule has 0 saturated carbocycles. The number of amides is 1. The second-order valence-corrected chi connectivity index (χ2v) is 8.17. The normalized spacial score (nSPS) is 13.2. The molecule has 0 aromatic heterocycles. The van der Waals surface area contributed by atoms with Crippen molar-refractivity contribution in [1.82, 2.24) is 5.32 Å². The molecular formula is C15H22ClNO3S. The minimum Gasteiger partial charge on any atom is -0.356 e. The Balaban J connectivity index is 2.43. The lowest BCUT2D eigenvalue weighted by molar-refractivity contribution is -0.121. The molecule has 1 unspecified atom stereocenters. The first-order chi connectivity index (χ1) is 9.70. The molecule has 4 nitrogen and oxygen atoms in total. The first-order valence-corrected chi connectivity index (χ1v) is 9.31. The van der Waals surface area contributed by atoms with Gasteiger partial charge in [-0.15, -0.1) is 0 Å². The summed E-state index contributed by atoms with van der Waals surface area (Å²) in [4.78, 5) is 11.8. The molecule has 0 aliphatic rings. The number of benzene rings is 1. The van der Waals surface area contributed by atoms with E-state index in [1.165, 1.54) is 12.1 Å². The molecule has 1 aromatic rings. The van der Waals surface area contributed by atoms with E-state index < -0.39 is 9.05 Å². The van der Waals surface area contributed by atoms with Gasteiger partial charge >= 0.3 is 0 Å². The highest BCUT2D eigenvalue weighted by molar-refractivity contribution is 8.13. The Bertz CT molecular complexity index is 567. The smallest absolute Gasteiger partial charge is 0.261 e. The quantitative estimate of drug-likeness (QED) is 0.781. The topological polar surface area (TPSA) is 63.2 Å². The number of hydrogen-bond acceptors (Lipinski definition) is 3. The average Bonchev–Trinajstić information content (AvgIpc) is 2.41. The second-order valence-electron chi connectivity index (χ2n) is 5.61. The summed E-state index contributed by atoms with van der Waals surface area (Å²) in [6.45, 7) is 7.04. The first-order valence-electron chi connectivity index (χ1n) is 7.00. The lowest BCUT2D eigenvalue weighted by Gasteiger charge is -2.16. The molecule has 0 bridgehead atoms. The van der Waals surface area contributed by atoms with Gasteiger partial charge in [0.15, 0.2) is 0 Å². The monoisotopic (exact) mass is 331 g/mol. The van der Waals surface area contributed by atoms with Crippen LogP contribution in [0.15, 0.2) is 29.2 Å². The summed E-state index contributed by atoms with van der Waals surface area (Å²) in [6, 6.07) is 6.27. The van der Waals surface area contributed by atoms with Crippen LogP contribution in [0.5, 0.6) is 0 Å².